The van der Waals surface area contributed by atoms with Gasteiger partial charge >= 0.3 is 6.18 Å². The van der Waals surface area contributed by atoms with E-state index >= 15 is 0 Å². The van der Waals surface area contributed by atoms with Crippen LogP contribution in [0.1, 0.15) is 11.5 Å². The van der Waals surface area contributed by atoms with E-state index < -0.39 is 11.7 Å². The van der Waals surface area contributed by atoms with Crippen molar-refractivity contribution in [1.82, 2.24) is 20.0 Å². The van der Waals surface area contributed by atoms with Crippen LogP contribution in [-0.2, 0) is 12.7 Å². The van der Waals surface area contributed by atoms with Crippen LogP contribution in [0.15, 0.2) is 47.1 Å². The van der Waals surface area contributed by atoms with Crippen LogP contribution in [-0.4, -0.2) is 46.2 Å². The summed E-state index contributed by atoms with van der Waals surface area (Å²) >= 11 is 5.89. The van der Waals surface area contributed by atoms with Gasteiger partial charge in [0.15, 0.2) is 0 Å². The molecule has 0 aliphatic carbocycles. The van der Waals surface area contributed by atoms with Crippen molar-refractivity contribution >= 4 is 17.4 Å². The van der Waals surface area contributed by atoms with Crippen LogP contribution in [0.4, 0.5) is 19.0 Å². The SMILES string of the molecule is FC(F)(F)c1ccc(N2CCN(Cc3nc(-c4ccc(Cl)cc4)no3)CC2)nc1. The number of hydrogen-bond donors (Lipinski definition) is 0. The highest BCUT2D eigenvalue weighted by Gasteiger charge is 2.31. The van der Waals surface area contributed by atoms with E-state index in [-0.39, 0.29) is 0 Å². The Morgan fingerprint density at radius 3 is 2.34 bits per heavy atom. The lowest BCUT2D eigenvalue weighted by Crippen LogP contribution is -2.46. The molecular formula is C19H17ClF3N5O. The second-order valence-electron chi connectivity index (χ2n) is 6.68. The molecule has 3 heterocycles. The lowest BCUT2D eigenvalue weighted by Gasteiger charge is -2.34. The zero-order valence-electron chi connectivity index (χ0n) is 15.2. The first-order valence-electron chi connectivity index (χ1n) is 8.97. The van der Waals surface area contributed by atoms with Gasteiger partial charge in [0.05, 0.1) is 12.1 Å². The predicted molar refractivity (Wildman–Crippen MR) is 101 cm³/mol. The molecule has 29 heavy (non-hydrogen) atoms. The number of nitrogens with zero attached hydrogens (tertiary/aromatic N) is 5. The molecule has 3 aromatic rings. The number of pyridine rings is 1. The van der Waals surface area contributed by atoms with Crippen LogP contribution >= 0.6 is 11.6 Å². The maximum absolute atomic E-state index is 12.7. The molecule has 0 unspecified atom stereocenters. The van der Waals surface area contributed by atoms with Gasteiger partial charge in [-0.05, 0) is 36.4 Å². The molecule has 2 aromatic heterocycles. The topological polar surface area (TPSA) is 58.3 Å². The zero-order valence-corrected chi connectivity index (χ0v) is 16.0. The first-order valence-corrected chi connectivity index (χ1v) is 9.35. The predicted octanol–water partition coefficient (Wildman–Crippen LogP) is 4.13. The third-order valence-electron chi connectivity index (χ3n) is 4.70. The van der Waals surface area contributed by atoms with Crippen LogP contribution in [0.25, 0.3) is 11.4 Å². The van der Waals surface area contributed by atoms with Gasteiger partial charge in [-0.1, -0.05) is 16.8 Å². The van der Waals surface area contributed by atoms with Crippen LogP contribution in [0.5, 0.6) is 0 Å². The molecule has 1 aromatic carbocycles. The van der Waals surface area contributed by atoms with E-state index in [4.69, 9.17) is 16.1 Å². The minimum atomic E-state index is -4.38. The van der Waals surface area contributed by atoms with Gasteiger partial charge in [-0.3, -0.25) is 4.90 Å². The number of rotatable bonds is 4. The van der Waals surface area contributed by atoms with Crippen LogP contribution in [0.2, 0.25) is 5.02 Å². The number of hydrogen-bond acceptors (Lipinski definition) is 6. The van der Waals surface area contributed by atoms with E-state index in [1.54, 1.807) is 12.1 Å². The Labute approximate surface area is 169 Å². The quantitative estimate of drug-likeness (QED) is 0.629. The van der Waals surface area contributed by atoms with Gasteiger partial charge in [0, 0.05) is 43.0 Å². The van der Waals surface area contributed by atoms with Gasteiger partial charge in [-0.15, -0.1) is 0 Å². The average molecular weight is 424 g/mol. The monoisotopic (exact) mass is 423 g/mol. The minimum Gasteiger partial charge on any atom is -0.354 e. The Morgan fingerprint density at radius 2 is 1.72 bits per heavy atom. The fourth-order valence-corrected chi connectivity index (χ4v) is 3.23. The third-order valence-corrected chi connectivity index (χ3v) is 4.95. The second kappa shape index (κ2) is 8.00. The summed E-state index contributed by atoms with van der Waals surface area (Å²) in [5, 5.41) is 4.64. The average Bonchev–Trinajstić information content (AvgIpc) is 3.17. The molecule has 10 heteroatoms. The van der Waals surface area contributed by atoms with E-state index in [0.717, 1.165) is 17.8 Å². The summed E-state index contributed by atoms with van der Waals surface area (Å²) in [5.74, 6) is 1.56. The van der Waals surface area contributed by atoms with Crippen LogP contribution in [0, 0.1) is 0 Å². The van der Waals surface area contributed by atoms with Crippen molar-refractivity contribution in [1.29, 1.82) is 0 Å². The molecular weight excluding hydrogens is 407 g/mol. The van der Waals surface area contributed by atoms with Crippen molar-refractivity contribution in [2.45, 2.75) is 12.7 Å². The third kappa shape index (κ3) is 4.68. The normalized spacial score (nSPS) is 15.7. The molecule has 6 nitrogen and oxygen atoms in total. The van der Waals surface area contributed by atoms with Crippen LogP contribution in [0.3, 0.4) is 0 Å². The maximum Gasteiger partial charge on any atom is 0.417 e. The smallest absolute Gasteiger partial charge is 0.354 e. The van der Waals surface area contributed by atoms with Crippen LogP contribution < -0.4 is 4.90 Å². The van der Waals surface area contributed by atoms with E-state index in [9.17, 15) is 13.2 Å². The van der Waals surface area contributed by atoms with E-state index in [1.165, 1.54) is 6.07 Å². The minimum absolute atomic E-state index is 0.504. The molecule has 1 aliphatic heterocycles. The molecule has 0 amide bonds. The maximum atomic E-state index is 12.7. The Kier molecular flexibility index (Phi) is 5.42. The fraction of sp³-hybridized carbons (Fsp3) is 0.316. The van der Waals surface area contributed by atoms with Gasteiger partial charge in [0.25, 0.3) is 0 Å². The highest BCUT2D eigenvalue weighted by atomic mass is 35.5. The first kappa shape index (κ1) is 19.7. The molecule has 0 N–H and O–H groups in total. The van der Waals surface area contributed by atoms with Gasteiger partial charge < -0.3 is 9.42 Å². The fourth-order valence-electron chi connectivity index (χ4n) is 3.10. The number of alkyl halides is 3. The molecule has 1 fully saturated rings. The molecule has 1 aliphatic rings. The van der Waals surface area contributed by atoms with Gasteiger partial charge in [-0.25, -0.2) is 4.98 Å². The molecule has 152 valence electrons. The summed E-state index contributed by atoms with van der Waals surface area (Å²) in [7, 11) is 0. The molecule has 0 atom stereocenters. The molecule has 0 spiro atoms. The largest absolute Gasteiger partial charge is 0.417 e. The molecule has 0 radical (unpaired) electrons. The second-order valence-corrected chi connectivity index (χ2v) is 7.12. The van der Waals surface area contributed by atoms with Gasteiger partial charge in [0.2, 0.25) is 11.7 Å². The summed E-state index contributed by atoms with van der Waals surface area (Å²) < 4.78 is 43.3. The lowest BCUT2D eigenvalue weighted by molar-refractivity contribution is -0.137. The molecule has 4 rings (SSSR count). The highest BCUT2D eigenvalue weighted by molar-refractivity contribution is 6.30. The highest BCUT2D eigenvalue weighted by Crippen LogP contribution is 2.29. The lowest BCUT2D eigenvalue weighted by atomic mass is 10.2. The van der Waals surface area contributed by atoms with Crippen molar-refractivity contribution in [3.63, 3.8) is 0 Å². The summed E-state index contributed by atoms with van der Waals surface area (Å²) in [6, 6.07) is 9.66. The first-order chi connectivity index (χ1) is 13.9. The molecule has 1 saturated heterocycles. The van der Waals surface area contributed by atoms with Crippen molar-refractivity contribution < 1.29 is 17.7 Å². The summed E-state index contributed by atoms with van der Waals surface area (Å²) in [6.45, 7) is 3.23. The summed E-state index contributed by atoms with van der Waals surface area (Å²) in [4.78, 5) is 12.5. The van der Waals surface area contributed by atoms with E-state index in [1.807, 2.05) is 17.0 Å². The Bertz CT molecular complexity index is 951. The summed E-state index contributed by atoms with van der Waals surface area (Å²) in [5.41, 5.74) is 0.0790. The van der Waals surface area contributed by atoms with Crippen molar-refractivity contribution in [2.75, 3.05) is 31.1 Å². The Hall–Kier alpha value is -2.65. The number of benzene rings is 1. The van der Waals surface area contributed by atoms with E-state index in [0.29, 0.717) is 55.3 Å². The van der Waals surface area contributed by atoms with Gasteiger partial charge in [-0.2, -0.15) is 18.2 Å². The Balaban J connectivity index is 1.33. The Morgan fingerprint density at radius 1 is 1.00 bits per heavy atom. The van der Waals surface area contributed by atoms with Crippen molar-refractivity contribution in [3.05, 3.63) is 59.1 Å². The van der Waals surface area contributed by atoms with Gasteiger partial charge in [0.1, 0.15) is 5.82 Å². The number of piperazine rings is 1. The molecule has 0 saturated carbocycles. The van der Waals surface area contributed by atoms with Crippen molar-refractivity contribution in [2.24, 2.45) is 0 Å². The molecule has 0 bridgehead atoms. The summed E-state index contributed by atoms with van der Waals surface area (Å²) in [6.07, 6.45) is -3.50. The van der Waals surface area contributed by atoms with E-state index in [2.05, 4.69) is 20.0 Å². The number of aromatic nitrogens is 3. The number of anilines is 1. The number of halogens is 4. The zero-order chi connectivity index (χ0) is 20.4. The van der Waals surface area contributed by atoms with Crippen molar-refractivity contribution in [3.8, 4) is 11.4 Å². The standard InChI is InChI=1S/C19H17ClF3N5O/c20-15-4-1-13(2-5-15)18-25-17(29-26-18)12-27-7-9-28(10-8-27)16-6-3-14(11-24-16)19(21,22)23/h1-6,11H,7-10,12H2.